The van der Waals surface area contributed by atoms with Crippen molar-refractivity contribution in [2.75, 3.05) is 10.6 Å². The Balaban J connectivity index is 1.51. The Hall–Kier alpha value is -3.32. The molecular weight excluding hydrogens is 645 g/mol. The summed E-state index contributed by atoms with van der Waals surface area (Å²) in [5, 5.41) is 3.86. The summed E-state index contributed by atoms with van der Waals surface area (Å²) in [6.45, 7) is 0. The topological polar surface area (TPSA) is 58.2 Å². The van der Waals surface area contributed by atoms with Crippen molar-refractivity contribution in [3.63, 3.8) is 0 Å². The first-order valence-electron chi connectivity index (χ1n) is 11.6. The molecular formula is C28H16Cl2F6N2O2S2. The summed E-state index contributed by atoms with van der Waals surface area (Å²) in [5.41, 5.74) is -2.10. The van der Waals surface area contributed by atoms with Crippen LogP contribution in [0, 0.1) is 0 Å². The highest BCUT2D eigenvalue weighted by Gasteiger charge is 2.34. The van der Waals surface area contributed by atoms with E-state index in [1.807, 2.05) is 0 Å². The minimum Gasteiger partial charge on any atom is -0.322 e. The lowest BCUT2D eigenvalue weighted by Gasteiger charge is -2.14. The fourth-order valence-corrected chi connectivity index (χ4v) is 6.39. The summed E-state index contributed by atoms with van der Waals surface area (Å²) in [6, 6.07) is 18.7. The summed E-state index contributed by atoms with van der Waals surface area (Å²) < 4.78 is 79.4. The molecule has 4 rings (SSSR count). The number of amides is 2. The molecule has 2 amide bonds. The Morgan fingerprint density at radius 2 is 0.929 bits per heavy atom. The Morgan fingerprint density at radius 3 is 1.29 bits per heavy atom. The molecule has 4 nitrogen and oxygen atoms in total. The first-order valence-corrected chi connectivity index (χ1v) is 14.5. The molecule has 4 aromatic rings. The SMILES string of the molecule is O=C(Nc1ccc(Cl)c(C(F)(F)F)c1)c1ccccc1SSc1ccccc1C(=O)Nc1ccc(Cl)c(C(F)(F)F)c1. The molecule has 0 fully saturated rings. The van der Waals surface area contributed by atoms with E-state index in [-0.39, 0.29) is 22.5 Å². The predicted octanol–water partition coefficient (Wildman–Crippen LogP) is 10.3. The zero-order valence-electron chi connectivity index (χ0n) is 20.7. The molecule has 0 spiro atoms. The van der Waals surface area contributed by atoms with Gasteiger partial charge in [-0.15, -0.1) is 0 Å². The third-order valence-electron chi connectivity index (χ3n) is 5.54. The van der Waals surface area contributed by atoms with E-state index in [2.05, 4.69) is 10.6 Å². The summed E-state index contributed by atoms with van der Waals surface area (Å²) in [7, 11) is 2.21. The molecule has 0 aromatic heterocycles. The standard InChI is InChI=1S/C28H16Cl2F6N2O2S2/c29-21-11-9-15(13-19(21)27(31,32)33)37-25(39)17-5-1-3-7-23(17)41-42-24-8-4-2-6-18(24)26(40)38-16-10-12-22(30)20(14-16)28(34,35)36/h1-14H,(H,37,39)(H,38,40). The van der Waals surface area contributed by atoms with Crippen LogP contribution in [0.4, 0.5) is 37.7 Å². The molecule has 0 aliphatic heterocycles. The molecule has 14 heteroatoms. The van der Waals surface area contributed by atoms with Gasteiger partial charge in [0.15, 0.2) is 0 Å². The molecule has 42 heavy (non-hydrogen) atoms. The lowest BCUT2D eigenvalue weighted by atomic mass is 10.1. The highest BCUT2D eigenvalue weighted by molar-refractivity contribution is 8.76. The van der Waals surface area contributed by atoms with Crippen molar-refractivity contribution in [3.8, 4) is 0 Å². The maximum absolute atomic E-state index is 13.2. The monoisotopic (exact) mass is 660 g/mol. The third-order valence-corrected chi connectivity index (χ3v) is 8.68. The van der Waals surface area contributed by atoms with Crippen molar-refractivity contribution in [1.82, 2.24) is 0 Å². The summed E-state index contributed by atoms with van der Waals surface area (Å²) >= 11 is 11.3. The lowest BCUT2D eigenvalue weighted by molar-refractivity contribution is -0.138. The third kappa shape index (κ3) is 7.74. The van der Waals surface area contributed by atoms with Crippen molar-refractivity contribution in [1.29, 1.82) is 0 Å². The van der Waals surface area contributed by atoms with E-state index in [1.165, 1.54) is 24.3 Å². The fraction of sp³-hybridized carbons (Fsp3) is 0.0714. The first kappa shape index (κ1) is 31.6. The molecule has 0 unspecified atom stereocenters. The van der Waals surface area contributed by atoms with E-state index in [4.69, 9.17) is 23.2 Å². The van der Waals surface area contributed by atoms with Crippen molar-refractivity contribution >= 4 is 68.0 Å². The molecule has 0 atom stereocenters. The van der Waals surface area contributed by atoms with Crippen LogP contribution in [0.15, 0.2) is 94.7 Å². The zero-order valence-corrected chi connectivity index (χ0v) is 23.9. The number of nitrogens with one attached hydrogen (secondary N) is 2. The Bertz CT molecular complexity index is 1530. The number of anilines is 2. The second kappa shape index (κ2) is 12.9. The molecule has 4 aromatic carbocycles. The van der Waals surface area contributed by atoms with Gasteiger partial charge in [0.2, 0.25) is 0 Å². The van der Waals surface area contributed by atoms with Crippen LogP contribution in [-0.2, 0) is 12.4 Å². The second-order valence-corrected chi connectivity index (χ2v) is 11.5. The molecule has 0 bridgehead atoms. The Morgan fingerprint density at radius 1 is 0.571 bits per heavy atom. The smallest absolute Gasteiger partial charge is 0.322 e. The van der Waals surface area contributed by atoms with Crippen molar-refractivity contribution in [2.45, 2.75) is 22.1 Å². The van der Waals surface area contributed by atoms with Gasteiger partial charge in [-0.3, -0.25) is 9.59 Å². The van der Waals surface area contributed by atoms with Crippen molar-refractivity contribution < 1.29 is 35.9 Å². The number of alkyl halides is 6. The van der Waals surface area contributed by atoms with Crippen LogP contribution in [0.5, 0.6) is 0 Å². The van der Waals surface area contributed by atoms with Crippen LogP contribution in [0.2, 0.25) is 10.0 Å². The number of hydrogen-bond donors (Lipinski definition) is 2. The summed E-state index contributed by atoms with van der Waals surface area (Å²) in [5.74, 6) is -1.35. The van der Waals surface area contributed by atoms with E-state index in [0.29, 0.717) is 9.79 Å². The van der Waals surface area contributed by atoms with Crippen molar-refractivity contribution in [3.05, 3.63) is 117 Å². The van der Waals surface area contributed by atoms with Crippen LogP contribution in [0.25, 0.3) is 0 Å². The summed E-state index contributed by atoms with van der Waals surface area (Å²) in [4.78, 5) is 26.9. The highest BCUT2D eigenvalue weighted by Crippen LogP contribution is 2.42. The van der Waals surface area contributed by atoms with Crippen molar-refractivity contribution in [2.24, 2.45) is 0 Å². The molecule has 0 saturated carbocycles. The molecule has 0 aliphatic rings. The minimum atomic E-state index is -4.71. The highest BCUT2D eigenvalue weighted by atomic mass is 35.5. The normalized spacial score (nSPS) is 11.7. The number of benzene rings is 4. The van der Waals surface area contributed by atoms with Crippen LogP contribution >= 0.6 is 44.8 Å². The van der Waals surface area contributed by atoms with Gasteiger partial charge in [0.25, 0.3) is 11.8 Å². The predicted molar refractivity (Wildman–Crippen MR) is 153 cm³/mol. The number of rotatable bonds is 7. The molecule has 218 valence electrons. The first-order chi connectivity index (χ1) is 19.7. The van der Waals surface area contributed by atoms with Gasteiger partial charge >= 0.3 is 12.4 Å². The molecule has 2 N–H and O–H groups in total. The molecule has 0 saturated heterocycles. The number of hydrogen-bond acceptors (Lipinski definition) is 4. The largest absolute Gasteiger partial charge is 0.417 e. The number of carbonyl (C=O) groups excluding carboxylic acids is 2. The van der Waals surface area contributed by atoms with Gasteiger partial charge in [-0.05, 0) is 60.7 Å². The number of carbonyl (C=O) groups is 2. The van der Waals surface area contributed by atoms with E-state index < -0.39 is 45.3 Å². The average Bonchev–Trinajstić information content (AvgIpc) is 2.93. The lowest BCUT2D eigenvalue weighted by Crippen LogP contribution is -2.14. The quantitative estimate of drug-likeness (QED) is 0.153. The fourth-order valence-electron chi connectivity index (χ4n) is 3.58. The zero-order chi connectivity index (χ0) is 30.7. The Labute approximate surface area is 253 Å². The minimum absolute atomic E-state index is 0.109. The second-order valence-electron chi connectivity index (χ2n) is 8.45. The molecule has 0 aliphatic carbocycles. The van der Waals surface area contributed by atoms with Crippen LogP contribution in [0.3, 0.4) is 0 Å². The Kier molecular flexibility index (Phi) is 9.71. The molecule has 0 radical (unpaired) electrons. The van der Waals surface area contributed by atoms with Crippen LogP contribution < -0.4 is 10.6 Å². The van der Waals surface area contributed by atoms with Gasteiger partial charge in [0.1, 0.15) is 0 Å². The van der Waals surface area contributed by atoms with Crippen LogP contribution in [-0.4, -0.2) is 11.8 Å². The maximum Gasteiger partial charge on any atom is 0.417 e. The van der Waals surface area contributed by atoms with Gasteiger partial charge in [0.05, 0.1) is 32.3 Å². The van der Waals surface area contributed by atoms with Gasteiger partial charge in [-0.1, -0.05) is 69.1 Å². The summed E-state index contributed by atoms with van der Waals surface area (Å²) in [6.07, 6.45) is -9.42. The molecule has 0 heterocycles. The maximum atomic E-state index is 13.2. The van der Waals surface area contributed by atoms with Gasteiger partial charge < -0.3 is 10.6 Å². The van der Waals surface area contributed by atoms with Gasteiger partial charge in [-0.2, -0.15) is 26.3 Å². The van der Waals surface area contributed by atoms with Gasteiger partial charge in [-0.25, -0.2) is 0 Å². The van der Waals surface area contributed by atoms with E-state index in [1.54, 1.807) is 36.4 Å². The average molecular weight is 661 g/mol. The van der Waals surface area contributed by atoms with E-state index in [9.17, 15) is 35.9 Å². The van der Waals surface area contributed by atoms with Gasteiger partial charge in [0, 0.05) is 21.2 Å². The van der Waals surface area contributed by atoms with E-state index in [0.717, 1.165) is 45.9 Å². The van der Waals surface area contributed by atoms with Crippen LogP contribution in [0.1, 0.15) is 31.8 Å². The van der Waals surface area contributed by atoms with E-state index >= 15 is 0 Å². The number of halogens is 8.